The van der Waals surface area contributed by atoms with Crippen molar-refractivity contribution in [1.29, 1.82) is 0 Å². The molecule has 1 aliphatic carbocycles. The number of halogens is 2. The van der Waals surface area contributed by atoms with Gasteiger partial charge in [0.2, 0.25) is 0 Å². The summed E-state index contributed by atoms with van der Waals surface area (Å²) < 4.78 is -0.389. The van der Waals surface area contributed by atoms with Crippen LogP contribution in [-0.2, 0) is 0 Å². The minimum Gasteiger partial charge on any atom is -0.155 e. The van der Waals surface area contributed by atoms with E-state index < -0.39 is 0 Å². The first kappa shape index (κ1) is 9.02. The van der Waals surface area contributed by atoms with E-state index in [1.54, 1.807) is 0 Å². The number of hydrogen-bond acceptors (Lipinski definition) is 1. The van der Waals surface area contributed by atoms with E-state index in [0.717, 1.165) is 12.3 Å². The molecule has 1 aliphatic rings. The highest BCUT2D eigenvalue weighted by Crippen LogP contribution is 2.54. The zero-order valence-electron chi connectivity index (χ0n) is 6.23. The van der Waals surface area contributed by atoms with Gasteiger partial charge in [0.1, 0.15) is 4.33 Å². The molecule has 0 heterocycles. The van der Waals surface area contributed by atoms with Crippen LogP contribution in [0.25, 0.3) is 0 Å². The predicted molar refractivity (Wildman–Crippen MR) is 50.1 cm³/mol. The minimum absolute atomic E-state index is 0.389. The Morgan fingerprint density at radius 2 is 2.10 bits per heavy atom. The molecule has 0 bridgehead atoms. The maximum absolute atomic E-state index is 5.84. The van der Waals surface area contributed by atoms with Gasteiger partial charge in [0, 0.05) is 5.25 Å². The van der Waals surface area contributed by atoms with Crippen molar-refractivity contribution in [3.8, 4) is 0 Å². The molecule has 0 aromatic rings. The fraction of sp³-hybridized carbons (Fsp3) is 1.00. The van der Waals surface area contributed by atoms with Crippen LogP contribution in [0.5, 0.6) is 0 Å². The maximum Gasteiger partial charge on any atom is 0.131 e. The molecule has 1 saturated carbocycles. The van der Waals surface area contributed by atoms with Gasteiger partial charge < -0.3 is 0 Å². The van der Waals surface area contributed by atoms with E-state index in [4.69, 9.17) is 23.2 Å². The van der Waals surface area contributed by atoms with E-state index in [0.29, 0.717) is 5.25 Å². The predicted octanol–water partition coefficient (Wildman–Crippen LogP) is 3.32. The van der Waals surface area contributed by atoms with E-state index >= 15 is 0 Å². The lowest BCUT2D eigenvalue weighted by Gasteiger charge is -2.02. The summed E-state index contributed by atoms with van der Waals surface area (Å²) in [4.78, 5) is 0. The summed E-state index contributed by atoms with van der Waals surface area (Å²) in [6.07, 6.45) is 0.966. The molecule has 0 aliphatic heterocycles. The van der Waals surface area contributed by atoms with Crippen LogP contribution >= 0.6 is 35.0 Å². The fourth-order valence-electron chi connectivity index (χ4n) is 0.678. The Morgan fingerprint density at radius 1 is 1.60 bits per heavy atom. The lowest BCUT2D eigenvalue weighted by molar-refractivity contribution is 0.750. The molecule has 0 radical (unpaired) electrons. The van der Waals surface area contributed by atoms with Crippen molar-refractivity contribution < 1.29 is 0 Å². The second-order valence-corrected chi connectivity index (χ2v) is 5.96. The first-order valence-corrected chi connectivity index (χ1v) is 5.32. The third-order valence-corrected chi connectivity index (χ3v) is 4.32. The van der Waals surface area contributed by atoms with Gasteiger partial charge in [-0.3, -0.25) is 0 Å². The zero-order valence-corrected chi connectivity index (χ0v) is 8.56. The van der Waals surface area contributed by atoms with Crippen LogP contribution in [0.2, 0.25) is 0 Å². The highest BCUT2D eigenvalue weighted by atomic mass is 35.5. The highest BCUT2D eigenvalue weighted by Gasteiger charge is 2.51. The third kappa shape index (κ3) is 2.52. The second-order valence-electron chi connectivity index (χ2n) is 3.18. The summed E-state index contributed by atoms with van der Waals surface area (Å²) in [7, 11) is 0. The van der Waals surface area contributed by atoms with Gasteiger partial charge in [0.05, 0.1) is 0 Å². The largest absolute Gasteiger partial charge is 0.155 e. The van der Waals surface area contributed by atoms with E-state index in [9.17, 15) is 0 Å². The van der Waals surface area contributed by atoms with Gasteiger partial charge in [0.15, 0.2) is 0 Å². The summed E-state index contributed by atoms with van der Waals surface area (Å²) in [6, 6.07) is 0. The molecule has 0 saturated heterocycles. The normalized spacial score (nSPS) is 29.1. The average Bonchev–Trinajstić information content (AvgIpc) is 2.35. The smallest absolute Gasteiger partial charge is 0.131 e. The van der Waals surface area contributed by atoms with Gasteiger partial charge in [-0.1, -0.05) is 13.8 Å². The lowest BCUT2D eigenvalue weighted by atomic mass is 10.3. The van der Waals surface area contributed by atoms with Crippen LogP contribution in [0.4, 0.5) is 0 Å². The summed E-state index contributed by atoms with van der Waals surface area (Å²) >= 11 is 13.6. The van der Waals surface area contributed by atoms with Gasteiger partial charge in [-0.25, -0.2) is 0 Å². The SMILES string of the molecule is CC(C)CSC1CC1(Cl)Cl. The monoisotopic (exact) mass is 198 g/mol. The number of alkyl halides is 2. The van der Waals surface area contributed by atoms with Gasteiger partial charge in [-0.2, -0.15) is 11.8 Å². The summed E-state index contributed by atoms with van der Waals surface area (Å²) in [5.74, 6) is 1.92. The van der Waals surface area contributed by atoms with E-state index in [-0.39, 0.29) is 4.33 Å². The molecule has 0 amide bonds. The Morgan fingerprint density at radius 3 is 2.40 bits per heavy atom. The molecular formula is C7H12Cl2S. The first-order chi connectivity index (χ1) is 4.52. The average molecular weight is 199 g/mol. The molecule has 0 aromatic carbocycles. The first-order valence-electron chi connectivity index (χ1n) is 3.52. The zero-order chi connectivity index (χ0) is 7.78. The van der Waals surface area contributed by atoms with E-state index in [1.807, 2.05) is 11.8 Å². The molecule has 10 heavy (non-hydrogen) atoms. The molecule has 1 fully saturated rings. The van der Waals surface area contributed by atoms with Gasteiger partial charge in [-0.05, 0) is 18.1 Å². The molecule has 60 valence electrons. The minimum atomic E-state index is -0.389. The molecule has 3 heteroatoms. The Kier molecular flexibility index (Phi) is 2.82. The standard InChI is InChI=1S/C7H12Cl2S/c1-5(2)4-10-6-3-7(6,8)9/h5-6H,3-4H2,1-2H3. The Labute approximate surface area is 76.7 Å². The van der Waals surface area contributed by atoms with Gasteiger partial charge in [0.25, 0.3) is 0 Å². The molecule has 0 aromatic heterocycles. The number of rotatable bonds is 3. The Bertz CT molecular complexity index is 123. The van der Waals surface area contributed by atoms with Crippen molar-refractivity contribution in [2.24, 2.45) is 5.92 Å². The summed E-state index contributed by atoms with van der Waals surface area (Å²) in [6.45, 7) is 4.42. The molecule has 1 rings (SSSR count). The van der Waals surface area contributed by atoms with Crippen LogP contribution < -0.4 is 0 Å². The molecule has 1 unspecified atom stereocenters. The topological polar surface area (TPSA) is 0 Å². The van der Waals surface area contributed by atoms with Crippen LogP contribution in [0, 0.1) is 5.92 Å². The van der Waals surface area contributed by atoms with Crippen LogP contribution in [0.15, 0.2) is 0 Å². The Balaban J connectivity index is 2.07. The third-order valence-electron chi connectivity index (χ3n) is 1.40. The van der Waals surface area contributed by atoms with Crippen LogP contribution in [-0.4, -0.2) is 15.3 Å². The molecule has 1 atom stereocenters. The van der Waals surface area contributed by atoms with Gasteiger partial charge >= 0.3 is 0 Å². The molecule has 0 nitrogen and oxygen atoms in total. The Hall–Kier alpha value is 0.930. The van der Waals surface area contributed by atoms with E-state index in [1.165, 1.54) is 5.75 Å². The van der Waals surface area contributed by atoms with Crippen molar-refractivity contribution in [2.75, 3.05) is 5.75 Å². The quantitative estimate of drug-likeness (QED) is 0.628. The summed E-state index contributed by atoms with van der Waals surface area (Å²) in [5, 5.41) is 0.498. The maximum atomic E-state index is 5.84. The van der Waals surface area contributed by atoms with Gasteiger partial charge in [-0.15, -0.1) is 23.2 Å². The van der Waals surface area contributed by atoms with Crippen molar-refractivity contribution in [3.63, 3.8) is 0 Å². The van der Waals surface area contributed by atoms with Crippen LogP contribution in [0.1, 0.15) is 20.3 Å². The van der Waals surface area contributed by atoms with Crippen molar-refractivity contribution in [3.05, 3.63) is 0 Å². The van der Waals surface area contributed by atoms with Crippen molar-refractivity contribution >= 4 is 35.0 Å². The second kappa shape index (κ2) is 3.12. The van der Waals surface area contributed by atoms with E-state index in [2.05, 4.69) is 13.8 Å². The van der Waals surface area contributed by atoms with Crippen LogP contribution in [0.3, 0.4) is 0 Å². The highest BCUT2D eigenvalue weighted by molar-refractivity contribution is 8.00. The van der Waals surface area contributed by atoms with Crippen molar-refractivity contribution in [2.45, 2.75) is 29.9 Å². The molecule has 0 spiro atoms. The number of hydrogen-bond donors (Lipinski definition) is 0. The summed E-state index contributed by atoms with van der Waals surface area (Å²) in [5.41, 5.74) is 0. The number of thioether (sulfide) groups is 1. The molecule has 0 N–H and O–H groups in total. The van der Waals surface area contributed by atoms with Crippen molar-refractivity contribution in [1.82, 2.24) is 0 Å². The lowest BCUT2D eigenvalue weighted by Crippen LogP contribution is -1.96. The molecular weight excluding hydrogens is 187 g/mol. The fourth-order valence-corrected chi connectivity index (χ4v) is 2.79.